The van der Waals surface area contributed by atoms with Gasteiger partial charge >= 0.3 is 0 Å². The summed E-state index contributed by atoms with van der Waals surface area (Å²) in [6, 6.07) is 12.0. The molecule has 0 unspecified atom stereocenters. The smallest absolute Gasteiger partial charge is 0.197 e. The molecule has 0 radical (unpaired) electrons. The maximum Gasteiger partial charge on any atom is 0.197 e. The van der Waals surface area contributed by atoms with Gasteiger partial charge in [-0.15, -0.1) is 0 Å². The van der Waals surface area contributed by atoms with Crippen molar-refractivity contribution >= 4 is 21.8 Å². The van der Waals surface area contributed by atoms with Crippen LogP contribution in [-0.2, 0) is 7.05 Å². The minimum atomic E-state index is 0.0366. The molecule has 1 N–H and O–H groups in total. The van der Waals surface area contributed by atoms with Crippen LogP contribution in [0, 0.1) is 6.92 Å². The molecule has 0 saturated carbocycles. The van der Waals surface area contributed by atoms with Crippen LogP contribution >= 0.6 is 0 Å². The van der Waals surface area contributed by atoms with Crippen LogP contribution in [0.25, 0.3) is 32.9 Å². The summed E-state index contributed by atoms with van der Waals surface area (Å²) < 4.78 is 7.88. The Hall–Kier alpha value is -3.01. The number of nitrogens with one attached hydrogen (secondary N) is 1. The van der Waals surface area contributed by atoms with E-state index < -0.39 is 0 Å². The van der Waals surface area contributed by atoms with Crippen molar-refractivity contribution in [2.75, 3.05) is 6.61 Å². The molecular weight excluding hydrogens is 324 g/mol. The lowest BCUT2D eigenvalue weighted by atomic mass is 10.0. The molecule has 0 aliphatic heterocycles. The minimum absolute atomic E-state index is 0.0366. The van der Waals surface area contributed by atoms with Crippen LogP contribution in [0.3, 0.4) is 0 Å². The molecule has 4 rings (SSSR count). The first-order valence-corrected chi connectivity index (χ1v) is 8.94. The molecule has 2 heterocycles. The van der Waals surface area contributed by atoms with Crippen LogP contribution in [0.2, 0.25) is 0 Å². The lowest BCUT2D eigenvalue weighted by molar-refractivity contribution is 0.320. The summed E-state index contributed by atoms with van der Waals surface area (Å²) in [6.45, 7) is 4.66. The van der Waals surface area contributed by atoms with Crippen molar-refractivity contribution in [3.63, 3.8) is 0 Å². The zero-order chi connectivity index (χ0) is 18.3. The average Bonchev–Trinajstić information content (AvgIpc) is 2.98. The summed E-state index contributed by atoms with van der Waals surface area (Å²) in [5.74, 6) is 0.731. The number of aryl methyl sites for hydroxylation is 2. The third kappa shape index (κ3) is 2.49. The first-order valence-electron chi connectivity index (χ1n) is 8.94. The van der Waals surface area contributed by atoms with Gasteiger partial charge in [0.1, 0.15) is 5.75 Å². The Morgan fingerprint density at radius 2 is 1.92 bits per heavy atom. The molecular formula is C22H22N2O2. The molecule has 0 atom stereocenters. The maximum atomic E-state index is 13.3. The number of ether oxygens (including phenoxy) is 1. The monoisotopic (exact) mass is 346 g/mol. The van der Waals surface area contributed by atoms with E-state index in [1.54, 1.807) is 0 Å². The first kappa shape index (κ1) is 16.5. The Labute approximate surface area is 152 Å². The zero-order valence-electron chi connectivity index (χ0n) is 15.3. The van der Waals surface area contributed by atoms with E-state index in [9.17, 15) is 4.79 Å². The molecule has 26 heavy (non-hydrogen) atoms. The van der Waals surface area contributed by atoms with E-state index in [0.717, 1.165) is 39.7 Å². The van der Waals surface area contributed by atoms with Gasteiger partial charge in [0.05, 0.1) is 17.5 Å². The van der Waals surface area contributed by atoms with Crippen molar-refractivity contribution in [2.45, 2.75) is 20.3 Å². The fraction of sp³-hybridized carbons (Fsp3) is 0.227. The van der Waals surface area contributed by atoms with Crippen LogP contribution in [0.4, 0.5) is 0 Å². The van der Waals surface area contributed by atoms with Crippen molar-refractivity contribution in [3.05, 3.63) is 64.6 Å². The Kier molecular flexibility index (Phi) is 4.03. The van der Waals surface area contributed by atoms with Gasteiger partial charge in [0.2, 0.25) is 0 Å². The molecule has 2 aromatic carbocycles. The standard InChI is InChI=1S/C22H22N2O2/c1-4-11-26-19-10-9-14(2)20-21(19)23-12-16(22(20)25)17-13-24(3)18-8-6-5-7-15(17)18/h5-10,12-13H,4,11H2,1-3H3,(H,23,25). The molecule has 0 aliphatic rings. The van der Waals surface area contributed by atoms with Crippen molar-refractivity contribution in [2.24, 2.45) is 7.05 Å². The Morgan fingerprint density at radius 1 is 1.12 bits per heavy atom. The summed E-state index contributed by atoms with van der Waals surface area (Å²) in [4.78, 5) is 16.7. The molecule has 132 valence electrons. The summed E-state index contributed by atoms with van der Waals surface area (Å²) in [6.07, 6.45) is 4.76. The van der Waals surface area contributed by atoms with Gasteiger partial charge in [0.25, 0.3) is 0 Å². The molecule has 0 spiro atoms. The van der Waals surface area contributed by atoms with E-state index in [4.69, 9.17) is 4.74 Å². The number of H-pyrrole nitrogens is 1. The molecule has 0 bridgehead atoms. The fourth-order valence-electron chi connectivity index (χ4n) is 3.56. The highest BCUT2D eigenvalue weighted by Crippen LogP contribution is 2.31. The van der Waals surface area contributed by atoms with Gasteiger partial charge in [0, 0.05) is 41.5 Å². The number of aromatic nitrogens is 2. The van der Waals surface area contributed by atoms with Crippen LogP contribution in [0.1, 0.15) is 18.9 Å². The van der Waals surface area contributed by atoms with E-state index in [-0.39, 0.29) is 5.43 Å². The largest absolute Gasteiger partial charge is 0.491 e. The summed E-state index contributed by atoms with van der Waals surface area (Å²) in [5.41, 5.74) is 4.50. The van der Waals surface area contributed by atoms with Gasteiger partial charge in [-0.1, -0.05) is 31.2 Å². The van der Waals surface area contributed by atoms with Crippen LogP contribution in [0.15, 0.2) is 53.6 Å². The maximum absolute atomic E-state index is 13.3. The number of aromatic amines is 1. The van der Waals surface area contributed by atoms with E-state index in [1.165, 1.54) is 0 Å². The number of para-hydroxylation sites is 1. The van der Waals surface area contributed by atoms with Gasteiger partial charge in [-0.2, -0.15) is 0 Å². The number of rotatable bonds is 4. The van der Waals surface area contributed by atoms with E-state index in [1.807, 2.05) is 50.6 Å². The van der Waals surface area contributed by atoms with E-state index in [2.05, 4.69) is 28.6 Å². The molecule has 0 amide bonds. The van der Waals surface area contributed by atoms with Crippen molar-refractivity contribution in [3.8, 4) is 16.9 Å². The normalized spacial score (nSPS) is 11.3. The van der Waals surface area contributed by atoms with Gasteiger partial charge < -0.3 is 14.3 Å². The van der Waals surface area contributed by atoms with Crippen LogP contribution < -0.4 is 10.2 Å². The van der Waals surface area contributed by atoms with Crippen molar-refractivity contribution < 1.29 is 4.74 Å². The molecule has 4 aromatic rings. The number of hydrogen-bond donors (Lipinski definition) is 1. The molecule has 4 nitrogen and oxygen atoms in total. The molecule has 0 fully saturated rings. The van der Waals surface area contributed by atoms with Crippen LogP contribution in [-0.4, -0.2) is 16.2 Å². The van der Waals surface area contributed by atoms with E-state index in [0.29, 0.717) is 17.6 Å². The number of nitrogens with zero attached hydrogens (tertiary/aromatic N) is 1. The zero-order valence-corrected chi connectivity index (χ0v) is 15.3. The molecule has 2 aromatic heterocycles. The fourth-order valence-corrected chi connectivity index (χ4v) is 3.56. The Morgan fingerprint density at radius 3 is 2.73 bits per heavy atom. The second-order valence-electron chi connectivity index (χ2n) is 6.68. The summed E-state index contributed by atoms with van der Waals surface area (Å²) in [5, 5.41) is 1.78. The third-order valence-corrected chi connectivity index (χ3v) is 4.86. The highest BCUT2D eigenvalue weighted by Gasteiger charge is 2.16. The minimum Gasteiger partial charge on any atom is -0.491 e. The molecule has 0 aliphatic carbocycles. The lowest BCUT2D eigenvalue weighted by Crippen LogP contribution is -2.09. The second kappa shape index (κ2) is 6.37. The van der Waals surface area contributed by atoms with Crippen LogP contribution in [0.5, 0.6) is 5.75 Å². The Balaban J connectivity index is 1.99. The molecule has 4 heteroatoms. The second-order valence-corrected chi connectivity index (χ2v) is 6.68. The number of benzene rings is 2. The molecule has 0 saturated heterocycles. The number of pyridine rings is 1. The quantitative estimate of drug-likeness (QED) is 0.578. The first-order chi connectivity index (χ1) is 12.6. The van der Waals surface area contributed by atoms with Crippen molar-refractivity contribution in [1.29, 1.82) is 0 Å². The Bertz CT molecular complexity index is 1170. The van der Waals surface area contributed by atoms with Gasteiger partial charge in [-0.25, -0.2) is 0 Å². The highest BCUT2D eigenvalue weighted by atomic mass is 16.5. The third-order valence-electron chi connectivity index (χ3n) is 4.86. The van der Waals surface area contributed by atoms with Gasteiger partial charge in [-0.05, 0) is 31.0 Å². The van der Waals surface area contributed by atoms with Gasteiger partial charge in [-0.3, -0.25) is 4.79 Å². The predicted octanol–water partition coefficient (Wildman–Crippen LogP) is 4.78. The SMILES string of the molecule is CCCOc1ccc(C)c2c(=O)c(-c3cn(C)c4ccccc34)c[nH]c12. The highest BCUT2D eigenvalue weighted by molar-refractivity contribution is 5.98. The summed E-state index contributed by atoms with van der Waals surface area (Å²) in [7, 11) is 2.00. The van der Waals surface area contributed by atoms with Crippen molar-refractivity contribution in [1.82, 2.24) is 9.55 Å². The lowest BCUT2D eigenvalue weighted by Gasteiger charge is -2.11. The van der Waals surface area contributed by atoms with E-state index >= 15 is 0 Å². The number of fused-ring (bicyclic) bond motifs is 2. The van der Waals surface area contributed by atoms with Gasteiger partial charge in [0.15, 0.2) is 5.43 Å². The average molecular weight is 346 g/mol. The predicted molar refractivity (Wildman–Crippen MR) is 107 cm³/mol. The topological polar surface area (TPSA) is 47.0 Å². The number of hydrogen-bond acceptors (Lipinski definition) is 2. The summed E-state index contributed by atoms with van der Waals surface area (Å²) >= 11 is 0.